The normalized spacial score (nSPS) is 3.92. The Kier molecular flexibility index (Phi) is 38.9. The molecular formula is C65H2-2. The summed E-state index contributed by atoms with van der Waals surface area (Å²) in [4.78, 5) is 0. The van der Waals surface area contributed by atoms with Gasteiger partial charge in [0.15, 0.2) is 0 Å². The second-order valence-corrected chi connectivity index (χ2v) is 7.93. The van der Waals surface area contributed by atoms with E-state index < -0.39 is 0 Å². The molecule has 0 saturated carbocycles. The predicted molar refractivity (Wildman–Crippen MR) is 254 cm³/mol. The van der Waals surface area contributed by atoms with Gasteiger partial charge < -0.3 is 6.42 Å². The lowest BCUT2D eigenvalue weighted by Gasteiger charge is -1.64. The van der Waals surface area contributed by atoms with Gasteiger partial charge in [0.1, 0.15) is 0 Å². The van der Waals surface area contributed by atoms with E-state index in [0.717, 1.165) is 0 Å². The fraction of sp³-hybridized carbons (Fsp3) is 0. The van der Waals surface area contributed by atoms with Crippen molar-refractivity contribution in [1.82, 2.24) is 0 Å². The van der Waals surface area contributed by atoms with Crippen molar-refractivity contribution in [3.63, 3.8) is 0 Å². The molecule has 0 nitrogen and oxygen atoms in total. The van der Waals surface area contributed by atoms with Crippen molar-refractivity contribution in [1.29, 1.82) is 0 Å². The number of hydrogen-bond acceptors (Lipinski definition) is 0. The Bertz CT molecular complexity index is 4200. The van der Waals surface area contributed by atoms with Crippen molar-refractivity contribution >= 4 is 0 Å². The van der Waals surface area contributed by atoms with Crippen molar-refractivity contribution in [2.75, 3.05) is 0 Å². The summed E-state index contributed by atoms with van der Waals surface area (Å²) in [5, 5.41) is 0. The molecule has 264 valence electrons. The van der Waals surface area contributed by atoms with Gasteiger partial charge in [0.2, 0.25) is 0 Å². The minimum Gasteiger partial charge on any atom is -0.358 e. The highest BCUT2D eigenvalue weighted by Gasteiger charge is 1.63. The van der Waals surface area contributed by atoms with Crippen LogP contribution < -0.4 is 0 Å². The van der Waals surface area contributed by atoms with Gasteiger partial charge >= 0.3 is 0 Å². The molecule has 0 radical (unpaired) electrons. The Morgan fingerprint density at radius 3 is 0.277 bits per heavy atom. The summed E-state index contributed by atoms with van der Waals surface area (Å²) in [6.45, 7) is 3.31. The van der Waals surface area contributed by atoms with Crippen LogP contribution in [0.15, 0.2) is 0 Å². The third kappa shape index (κ3) is 49.8. The van der Waals surface area contributed by atoms with E-state index in [-0.39, 0.29) is 0 Å². The number of hydrogen-bond donors (Lipinski definition) is 0. The summed E-state index contributed by atoms with van der Waals surface area (Å²) in [5.74, 6) is 156. The molecule has 0 aliphatic rings. The first-order valence-corrected chi connectivity index (χ1v) is 16.1. The van der Waals surface area contributed by atoms with Gasteiger partial charge in [0, 0.05) is 243 Å². The van der Waals surface area contributed by atoms with E-state index in [0.29, 0.717) is 0 Å². The minimum atomic E-state index is 1.87. The van der Waals surface area contributed by atoms with Crippen LogP contribution in [-0.2, 0) is 0 Å². The van der Waals surface area contributed by atoms with Gasteiger partial charge in [0.05, 0.1) is 0 Å². The Morgan fingerprint density at radius 2 is 0.200 bits per heavy atom. The van der Waals surface area contributed by atoms with Gasteiger partial charge in [-0.05, 0) is 94.7 Å². The maximum Gasteiger partial charge on any atom is 0 e. The molecule has 0 bridgehead atoms. The van der Waals surface area contributed by atoms with Crippen molar-refractivity contribution in [2.45, 2.75) is 0 Å². The topological polar surface area (TPSA) is 0 Å². The molecule has 0 rings (SSSR count). The number of rotatable bonds is 0. The van der Waals surface area contributed by atoms with E-state index in [1.165, 1.54) is 0 Å². The summed E-state index contributed by atoms with van der Waals surface area (Å²) < 4.78 is 0. The van der Waals surface area contributed by atoms with Crippen molar-refractivity contribution in [2.24, 2.45) is 0 Å². The highest BCUT2D eigenvalue weighted by Crippen LogP contribution is 1.64. The summed E-state index contributed by atoms with van der Waals surface area (Å²) in [6, 6.07) is 0. The maximum atomic E-state index is 6.57. The van der Waals surface area contributed by atoms with Gasteiger partial charge in [-0.2, -0.15) is 6.92 Å². The third-order valence-electron chi connectivity index (χ3n) is 3.90. The zero-order valence-electron chi connectivity index (χ0n) is 32.7. The Morgan fingerprint density at radius 1 is 0.123 bits per heavy atom. The van der Waals surface area contributed by atoms with Crippen LogP contribution in [0.25, 0.3) is 0 Å². The zero-order chi connectivity index (χ0) is 46.5. The highest BCUT2D eigenvalue weighted by molar-refractivity contribution is 5.52. The summed E-state index contributed by atoms with van der Waals surface area (Å²) >= 11 is 0. The van der Waals surface area contributed by atoms with Crippen LogP contribution in [0.3, 0.4) is 0 Å². The van der Waals surface area contributed by atoms with Crippen LogP contribution >= 0.6 is 0 Å². The molecule has 0 unspecified atom stereocenters. The molecule has 0 atom stereocenters. The van der Waals surface area contributed by atoms with E-state index in [1.807, 2.05) is 5.92 Å². The molecule has 0 spiro atoms. The van der Waals surface area contributed by atoms with Crippen molar-refractivity contribution in [3.8, 4) is 373 Å². The monoisotopic (exact) mass is 782 g/mol. The van der Waals surface area contributed by atoms with Gasteiger partial charge in [-0.25, -0.2) is 11.8 Å². The quantitative estimate of drug-likeness (QED) is 0.249. The fourth-order valence-corrected chi connectivity index (χ4v) is 1.92. The second-order valence-electron chi connectivity index (χ2n) is 7.93. The molecule has 0 amide bonds. The van der Waals surface area contributed by atoms with Crippen LogP contribution in [0.2, 0.25) is 0 Å². The minimum absolute atomic E-state index is 1.87. The van der Waals surface area contributed by atoms with Crippen molar-refractivity contribution in [3.05, 3.63) is 13.3 Å². The summed E-state index contributed by atoms with van der Waals surface area (Å²) in [7, 11) is 0. The van der Waals surface area contributed by atoms with E-state index in [4.69, 9.17) is 6.42 Å². The third-order valence-corrected chi connectivity index (χ3v) is 3.90. The van der Waals surface area contributed by atoms with Gasteiger partial charge in [-0.3, -0.25) is 11.8 Å². The van der Waals surface area contributed by atoms with Crippen LogP contribution in [0, 0.1) is 386 Å². The molecule has 0 fully saturated rings. The lowest BCUT2D eigenvalue weighted by Crippen LogP contribution is -1.57. The van der Waals surface area contributed by atoms with Gasteiger partial charge in [-0.15, -0.1) is 11.8 Å². The van der Waals surface area contributed by atoms with Crippen LogP contribution in [0.4, 0.5) is 0 Å². The lowest BCUT2D eigenvalue weighted by atomic mass is 10.4. The van der Waals surface area contributed by atoms with Gasteiger partial charge in [0.25, 0.3) is 0 Å². The van der Waals surface area contributed by atoms with Crippen LogP contribution in [-0.4, -0.2) is 0 Å². The Labute approximate surface area is 384 Å². The Balaban J connectivity index is 4.59. The lowest BCUT2D eigenvalue weighted by molar-refractivity contribution is 2.31. The maximum absolute atomic E-state index is 6.57. The molecule has 65 heavy (non-hydrogen) atoms. The molecule has 0 aromatic heterocycles. The predicted octanol–water partition coefficient (Wildman–Crippen LogP) is 0.516. The first kappa shape index (κ1) is 50.8. The van der Waals surface area contributed by atoms with E-state index >= 15 is 0 Å². The molecule has 0 aromatic rings. The highest BCUT2D eigenvalue weighted by atomic mass is 13.6. The average Bonchev–Trinajstić information content (AvgIpc) is 3.32. The van der Waals surface area contributed by atoms with Crippen LogP contribution in [0.5, 0.6) is 0 Å². The fourth-order valence-electron chi connectivity index (χ4n) is 1.92. The summed E-state index contributed by atoms with van der Waals surface area (Å²) in [5.41, 5.74) is 0. The largest absolute Gasteiger partial charge is 0.358 e. The summed E-state index contributed by atoms with van der Waals surface area (Å²) in [6.07, 6.45) is 6.57. The first-order valence-electron chi connectivity index (χ1n) is 16.1. The molecule has 0 aliphatic heterocycles. The van der Waals surface area contributed by atoms with Gasteiger partial charge in [-0.1, -0.05) is 0 Å². The van der Waals surface area contributed by atoms with Crippen molar-refractivity contribution < 1.29 is 0 Å². The molecule has 0 N–H and O–H groups in total. The average molecular weight is 783 g/mol. The van der Waals surface area contributed by atoms with Crippen LogP contribution in [0.1, 0.15) is 0 Å². The van der Waals surface area contributed by atoms with E-state index in [9.17, 15) is 0 Å². The van der Waals surface area contributed by atoms with E-state index in [1.54, 1.807) is 0 Å². The molecule has 0 aliphatic carbocycles. The zero-order valence-corrected chi connectivity index (χ0v) is 32.7. The molecule has 0 aromatic carbocycles. The smallest absolute Gasteiger partial charge is 0 e. The SMILES string of the molecule is [C-]#CC#CC#CC#CC#CC#CC#CC#CC#CC#CC#CC#CC#CC#CC#CC#CC#CC#CC#CC#CC#CC#CC#CC#CC#CC#CC#CC#CC#CC#CC#CC#C[CH2-]. The standard InChI is InChI=1S/C65H2/c1-3-5-7-9-11-13-15-17-19-21-23-25-27-29-31-33-35-37-39-41-43-45-47-49-51-53-55-57-59-61-63-65-64-62-60-58-56-54-52-50-48-46-44-42-40-38-36-34-32-30-28-26-24-22-20-18-16-14-12-10-8-6-4-2/h1H2/q-2. The molecular weight excluding hydrogens is 781 g/mol. The Hall–Kier alpha value is -14.2. The molecule has 0 heterocycles. The first-order chi connectivity index (χ1) is 32.4. The molecule has 0 saturated heterocycles. The second kappa shape index (κ2) is 49.8. The van der Waals surface area contributed by atoms with E-state index in [2.05, 4.69) is 374 Å². The molecule has 0 heteroatoms.